The van der Waals surface area contributed by atoms with E-state index in [4.69, 9.17) is 5.26 Å². The molecule has 0 spiro atoms. The molecule has 3 rings (SSSR count). The number of nitrogens with zero attached hydrogens (tertiary/aromatic N) is 2. The van der Waals surface area contributed by atoms with Crippen molar-refractivity contribution in [1.29, 1.82) is 5.26 Å². The van der Waals surface area contributed by atoms with Gasteiger partial charge in [0.2, 0.25) is 10.0 Å². The van der Waals surface area contributed by atoms with Gasteiger partial charge >= 0.3 is 0 Å². The second kappa shape index (κ2) is 7.34. The number of sulfonamides is 1. The van der Waals surface area contributed by atoms with Gasteiger partial charge in [-0.2, -0.15) is 5.26 Å². The summed E-state index contributed by atoms with van der Waals surface area (Å²) in [6.45, 7) is 1.68. The molecule has 1 aliphatic heterocycles. The van der Waals surface area contributed by atoms with Gasteiger partial charge in [0.25, 0.3) is 5.91 Å². The van der Waals surface area contributed by atoms with Crippen molar-refractivity contribution in [2.75, 3.05) is 5.32 Å². The van der Waals surface area contributed by atoms with Crippen molar-refractivity contribution in [3.63, 3.8) is 0 Å². The molecule has 0 aliphatic carbocycles. The Balaban J connectivity index is 0.00000261. The van der Waals surface area contributed by atoms with E-state index in [1.807, 2.05) is 0 Å². The van der Waals surface area contributed by atoms with Crippen molar-refractivity contribution in [1.82, 2.24) is 9.29 Å². The van der Waals surface area contributed by atoms with Crippen molar-refractivity contribution in [3.8, 4) is 6.07 Å². The molecule has 1 aromatic carbocycles. The molecule has 0 saturated heterocycles. The van der Waals surface area contributed by atoms with E-state index in [9.17, 15) is 17.6 Å². The van der Waals surface area contributed by atoms with Crippen molar-refractivity contribution in [2.24, 2.45) is 7.05 Å². The summed E-state index contributed by atoms with van der Waals surface area (Å²) in [6, 6.07) is 4.90. The number of benzene rings is 1. The van der Waals surface area contributed by atoms with Crippen LogP contribution in [0.1, 0.15) is 36.0 Å². The Morgan fingerprint density at radius 2 is 2.11 bits per heavy atom. The molecular formula is C18H19FN4O3S. The standard InChI is InChI=1S/C17H15FN4O3S.CH4/c1-10-3-5-13-15(26(24,25)21-10)9-22(2)16(13)17(23)20-12-4-6-14(18)11(7-12)8-19;/h3-7,9-10,21H,1-2H3,(H,20,23);1H4/t10-;/m0./s1. The number of carbonyl (C=O) groups excluding carboxylic acids is 1. The number of aryl methyl sites for hydroxylation is 1. The topological polar surface area (TPSA) is 104 Å². The number of hydrogen-bond acceptors (Lipinski definition) is 4. The molecule has 0 bridgehead atoms. The van der Waals surface area contributed by atoms with Crippen LogP contribution >= 0.6 is 0 Å². The van der Waals surface area contributed by atoms with Crippen LogP contribution in [0.25, 0.3) is 6.08 Å². The third-order valence-electron chi connectivity index (χ3n) is 3.93. The molecule has 142 valence electrons. The molecule has 2 heterocycles. The molecule has 0 fully saturated rings. The fourth-order valence-corrected chi connectivity index (χ4v) is 4.19. The number of carbonyl (C=O) groups is 1. The molecule has 1 aromatic heterocycles. The third-order valence-corrected chi connectivity index (χ3v) is 5.51. The predicted octanol–water partition coefficient (Wildman–Crippen LogP) is 2.62. The second-order valence-electron chi connectivity index (χ2n) is 5.90. The number of fused-ring (bicyclic) bond motifs is 1. The first kappa shape index (κ1) is 20.4. The molecule has 2 N–H and O–H groups in total. The second-order valence-corrected chi connectivity index (χ2v) is 7.58. The SMILES string of the molecule is C.C[C@H]1C=Cc2c(cn(C)c2C(=O)Nc2ccc(F)c(C#N)c2)S(=O)(=O)N1. The third kappa shape index (κ3) is 3.77. The summed E-state index contributed by atoms with van der Waals surface area (Å²) in [5.74, 6) is -1.26. The van der Waals surface area contributed by atoms with Crippen molar-refractivity contribution < 1.29 is 17.6 Å². The minimum absolute atomic E-state index is 0. The zero-order valence-electron chi connectivity index (χ0n) is 13.9. The number of nitriles is 1. The maximum absolute atomic E-state index is 13.4. The highest BCUT2D eigenvalue weighted by Crippen LogP contribution is 2.27. The molecule has 1 atom stereocenters. The van der Waals surface area contributed by atoms with E-state index in [0.29, 0.717) is 0 Å². The fraction of sp³-hybridized carbons (Fsp3) is 0.222. The average molecular weight is 390 g/mol. The van der Waals surface area contributed by atoms with Gasteiger partial charge in [0, 0.05) is 30.5 Å². The first-order valence-electron chi connectivity index (χ1n) is 7.64. The quantitative estimate of drug-likeness (QED) is 0.822. The molecule has 1 amide bonds. The molecule has 2 aromatic rings. The van der Waals surface area contributed by atoms with Gasteiger partial charge < -0.3 is 9.88 Å². The number of aromatic nitrogens is 1. The first-order chi connectivity index (χ1) is 12.2. The van der Waals surface area contributed by atoms with Gasteiger partial charge in [-0.05, 0) is 25.1 Å². The Morgan fingerprint density at radius 3 is 2.78 bits per heavy atom. The van der Waals surface area contributed by atoms with Gasteiger partial charge in [-0.3, -0.25) is 4.79 Å². The highest BCUT2D eigenvalue weighted by molar-refractivity contribution is 7.89. The van der Waals surface area contributed by atoms with Crippen LogP contribution in [0.4, 0.5) is 10.1 Å². The maximum atomic E-state index is 13.4. The van der Waals surface area contributed by atoms with Crippen LogP contribution in [0.15, 0.2) is 35.4 Å². The van der Waals surface area contributed by atoms with Crippen molar-refractivity contribution in [3.05, 3.63) is 53.1 Å². The predicted molar refractivity (Wildman–Crippen MR) is 100 cm³/mol. The Morgan fingerprint density at radius 1 is 1.41 bits per heavy atom. The smallest absolute Gasteiger partial charge is 0.272 e. The summed E-state index contributed by atoms with van der Waals surface area (Å²) in [5.41, 5.74) is 0.437. The molecule has 7 nitrogen and oxygen atoms in total. The highest BCUT2D eigenvalue weighted by Gasteiger charge is 2.29. The van der Waals surface area contributed by atoms with Crippen molar-refractivity contribution >= 4 is 27.7 Å². The zero-order valence-corrected chi connectivity index (χ0v) is 14.8. The van der Waals surface area contributed by atoms with Crippen LogP contribution in [0.2, 0.25) is 0 Å². The minimum Gasteiger partial charge on any atom is -0.345 e. The first-order valence-corrected chi connectivity index (χ1v) is 9.12. The molecule has 1 aliphatic rings. The Labute approximate surface area is 157 Å². The lowest BCUT2D eigenvalue weighted by atomic mass is 10.1. The summed E-state index contributed by atoms with van der Waals surface area (Å²) in [4.78, 5) is 12.7. The summed E-state index contributed by atoms with van der Waals surface area (Å²) in [6.07, 6.45) is 4.59. The summed E-state index contributed by atoms with van der Waals surface area (Å²) < 4.78 is 42.1. The Kier molecular flexibility index (Phi) is 5.54. The zero-order chi connectivity index (χ0) is 19.1. The number of hydrogen-bond donors (Lipinski definition) is 2. The number of halogens is 1. The van der Waals surface area contributed by atoms with E-state index in [0.717, 1.165) is 6.07 Å². The molecule has 0 radical (unpaired) electrons. The van der Waals surface area contributed by atoms with E-state index in [1.165, 1.54) is 22.9 Å². The minimum atomic E-state index is -3.76. The molecule has 0 saturated carbocycles. The average Bonchev–Trinajstić information content (AvgIpc) is 2.86. The van der Waals surface area contributed by atoms with Gasteiger partial charge in [0.1, 0.15) is 22.5 Å². The molecule has 9 heteroatoms. The summed E-state index contributed by atoms with van der Waals surface area (Å²) in [5, 5.41) is 11.5. The lowest BCUT2D eigenvalue weighted by Crippen LogP contribution is -2.30. The number of rotatable bonds is 2. The largest absolute Gasteiger partial charge is 0.345 e. The number of anilines is 1. The van der Waals surface area contributed by atoms with Crippen LogP contribution in [0.5, 0.6) is 0 Å². The van der Waals surface area contributed by atoms with Gasteiger partial charge in [0.05, 0.1) is 5.56 Å². The molecule has 0 unspecified atom stereocenters. The van der Waals surface area contributed by atoms with E-state index in [-0.39, 0.29) is 34.8 Å². The number of amides is 1. The lowest BCUT2D eigenvalue weighted by Gasteiger charge is -2.08. The van der Waals surface area contributed by atoms with Gasteiger partial charge in [-0.1, -0.05) is 19.6 Å². The van der Waals surface area contributed by atoms with E-state index in [2.05, 4.69) is 10.0 Å². The van der Waals surface area contributed by atoms with Gasteiger partial charge in [0.15, 0.2) is 0 Å². The van der Waals surface area contributed by atoms with Crippen molar-refractivity contribution in [2.45, 2.75) is 25.3 Å². The van der Waals surface area contributed by atoms with E-state index >= 15 is 0 Å². The van der Waals surface area contributed by atoms with Gasteiger partial charge in [-0.15, -0.1) is 0 Å². The van der Waals surface area contributed by atoms with Crippen LogP contribution in [0, 0.1) is 17.1 Å². The normalized spacial score (nSPS) is 17.2. The van der Waals surface area contributed by atoms with Crippen LogP contribution < -0.4 is 10.0 Å². The maximum Gasteiger partial charge on any atom is 0.272 e. The summed E-state index contributed by atoms with van der Waals surface area (Å²) in [7, 11) is -2.20. The van der Waals surface area contributed by atoms with E-state index < -0.39 is 27.8 Å². The van der Waals surface area contributed by atoms with Gasteiger partial charge in [-0.25, -0.2) is 17.5 Å². The Hall–Kier alpha value is -2.96. The highest BCUT2D eigenvalue weighted by atomic mass is 32.2. The number of nitrogens with one attached hydrogen (secondary N) is 2. The monoisotopic (exact) mass is 390 g/mol. The summed E-state index contributed by atoms with van der Waals surface area (Å²) >= 11 is 0. The van der Waals surface area contributed by atoms with Crippen LogP contribution in [0.3, 0.4) is 0 Å². The Bertz CT molecular complexity index is 1080. The lowest BCUT2D eigenvalue weighted by molar-refractivity contribution is 0.101. The fourth-order valence-electron chi connectivity index (χ4n) is 2.74. The van der Waals surface area contributed by atoms with E-state index in [1.54, 1.807) is 32.2 Å². The van der Waals surface area contributed by atoms with Crippen LogP contribution in [-0.4, -0.2) is 24.9 Å². The molecular weight excluding hydrogens is 371 g/mol. The van der Waals surface area contributed by atoms with Crippen LogP contribution in [-0.2, 0) is 17.1 Å². The molecule has 27 heavy (non-hydrogen) atoms.